The minimum absolute atomic E-state index is 0.0253. The second-order valence-corrected chi connectivity index (χ2v) is 7.33. The first-order valence-corrected chi connectivity index (χ1v) is 9.63. The summed E-state index contributed by atoms with van der Waals surface area (Å²) in [6.07, 6.45) is 1.71. The van der Waals surface area contributed by atoms with Crippen LogP contribution in [0.3, 0.4) is 0 Å². The fraction of sp³-hybridized carbons (Fsp3) is 0.318. The summed E-state index contributed by atoms with van der Waals surface area (Å²) in [7, 11) is 1.38. The Morgan fingerprint density at radius 1 is 1.21 bits per heavy atom. The number of anilines is 1. The highest BCUT2D eigenvalue weighted by atomic mass is 16.5. The smallest absolute Gasteiger partial charge is 0.414 e. The Bertz CT molecular complexity index is 1070. The number of aromatic nitrogens is 2. The van der Waals surface area contributed by atoms with Gasteiger partial charge < -0.3 is 14.4 Å². The van der Waals surface area contributed by atoms with Gasteiger partial charge in [0.05, 0.1) is 23.8 Å². The van der Waals surface area contributed by atoms with E-state index in [1.807, 2.05) is 49.4 Å². The lowest BCUT2D eigenvalue weighted by molar-refractivity contribution is -0.137. The van der Waals surface area contributed by atoms with Crippen molar-refractivity contribution in [3.8, 4) is 0 Å². The molecule has 0 fully saturated rings. The number of imidazole rings is 1. The van der Waals surface area contributed by atoms with Crippen LogP contribution in [0.1, 0.15) is 30.3 Å². The molecule has 0 unspecified atom stereocenters. The van der Waals surface area contributed by atoms with Gasteiger partial charge in [-0.25, -0.2) is 9.78 Å². The summed E-state index contributed by atoms with van der Waals surface area (Å²) in [4.78, 5) is 30.3. The average molecular weight is 393 g/mol. The molecule has 1 N–H and O–H groups in total. The maximum Gasteiger partial charge on any atom is 0.414 e. The maximum absolute atomic E-state index is 12.3. The van der Waals surface area contributed by atoms with Crippen molar-refractivity contribution in [2.24, 2.45) is 0 Å². The summed E-state index contributed by atoms with van der Waals surface area (Å²) >= 11 is 0. The number of aliphatic carboxylic acids is 1. The Balaban J connectivity index is 1.87. The highest BCUT2D eigenvalue weighted by Gasteiger charge is 2.31. The zero-order valence-corrected chi connectivity index (χ0v) is 16.5. The topological polar surface area (TPSA) is 84.7 Å². The minimum atomic E-state index is -0.916. The van der Waals surface area contributed by atoms with Gasteiger partial charge in [-0.05, 0) is 37.5 Å². The molecule has 0 bridgehead atoms. The predicted octanol–water partition coefficient (Wildman–Crippen LogP) is 3.62. The molecule has 0 radical (unpaired) electrons. The third-order valence-corrected chi connectivity index (χ3v) is 5.46. The number of carbonyl (C=O) groups is 2. The molecular weight excluding hydrogens is 370 g/mol. The molecule has 3 aromatic rings. The van der Waals surface area contributed by atoms with Gasteiger partial charge in [-0.2, -0.15) is 0 Å². The molecule has 0 saturated carbocycles. The first-order chi connectivity index (χ1) is 14.0. The summed E-state index contributed by atoms with van der Waals surface area (Å²) in [5, 5.41) is 9.44. The lowest BCUT2D eigenvalue weighted by atomic mass is 9.96. The number of benzene rings is 2. The van der Waals surface area contributed by atoms with Crippen molar-refractivity contribution in [2.75, 3.05) is 12.0 Å². The van der Waals surface area contributed by atoms with Gasteiger partial charge in [0.2, 0.25) is 0 Å². The number of carboxylic acids is 1. The molecule has 7 nitrogen and oxygen atoms in total. The number of carbonyl (C=O) groups excluding carboxylic acids is 1. The molecule has 4 rings (SSSR count). The quantitative estimate of drug-likeness (QED) is 0.732. The van der Waals surface area contributed by atoms with Gasteiger partial charge in [0.1, 0.15) is 12.4 Å². The molecule has 0 aliphatic carbocycles. The zero-order chi connectivity index (χ0) is 20.5. The molecule has 1 aliphatic heterocycles. The van der Waals surface area contributed by atoms with Crippen molar-refractivity contribution in [3.63, 3.8) is 0 Å². The third kappa shape index (κ3) is 3.44. The molecule has 0 spiro atoms. The number of fused-ring (bicyclic) bond motifs is 3. The summed E-state index contributed by atoms with van der Waals surface area (Å²) in [6, 6.07) is 13.6. The van der Waals surface area contributed by atoms with E-state index in [0.29, 0.717) is 12.2 Å². The average Bonchev–Trinajstić information content (AvgIpc) is 3.04. The molecule has 2 heterocycles. The van der Waals surface area contributed by atoms with Crippen LogP contribution >= 0.6 is 0 Å². The van der Waals surface area contributed by atoms with Crippen LogP contribution in [0.4, 0.5) is 10.5 Å². The molecule has 1 aromatic heterocycles. The Hall–Kier alpha value is -3.35. The zero-order valence-electron chi connectivity index (χ0n) is 16.5. The number of carboxylic acid groups (broad SMARTS) is 1. The van der Waals surface area contributed by atoms with Crippen LogP contribution in [0.15, 0.2) is 42.5 Å². The summed E-state index contributed by atoms with van der Waals surface area (Å²) in [5.41, 5.74) is 4.35. The Morgan fingerprint density at radius 3 is 2.66 bits per heavy atom. The highest BCUT2D eigenvalue weighted by Crippen LogP contribution is 2.36. The van der Waals surface area contributed by atoms with Crippen LogP contribution in [-0.4, -0.2) is 39.9 Å². The largest absolute Gasteiger partial charge is 0.480 e. The fourth-order valence-electron chi connectivity index (χ4n) is 4.08. The fourth-order valence-corrected chi connectivity index (χ4v) is 4.08. The van der Waals surface area contributed by atoms with E-state index in [4.69, 9.17) is 9.72 Å². The van der Waals surface area contributed by atoms with E-state index < -0.39 is 12.1 Å². The minimum Gasteiger partial charge on any atom is -0.480 e. The van der Waals surface area contributed by atoms with E-state index in [9.17, 15) is 14.7 Å². The molecule has 2 aromatic carbocycles. The van der Waals surface area contributed by atoms with Crippen molar-refractivity contribution in [2.45, 2.75) is 38.8 Å². The van der Waals surface area contributed by atoms with Crippen LogP contribution in [0, 0.1) is 0 Å². The van der Waals surface area contributed by atoms with E-state index >= 15 is 0 Å². The maximum atomic E-state index is 12.3. The molecule has 0 saturated heterocycles. The summed E-state index contributed by atoms with van der Waals surface area (Å²) < 4.78 is 6.73. The second kappa shape index (κ2) is 7.58. The SMILES string of the molecule is COC(=O)N1c2ccc3c(nc(Cc4ccccc4)n3CC(=O)O)c2CC[C@@H]1C. The molecule has 29 heavy (non-hydrogen) atoms. The number of hydrogen-bond acceptors (Lipinski definition) is 4. The standard InChI is InChI=1S/C22H23N3O4/c1-14-8-9-16-17(25(14)22(28)29-2)10-11-18-21(16)23-19(24(18)13-20(26)27)12-15-6-4-3-5-7-15/h3-7,10-11,14H,8-9,12-13H2,1-2H3,(H,26,27)/t14-/m0/s1. The van der Waals surface area contributed by atoms with Gasteiger partial charge in [-0.1, -0.05) is 30.3 Å². The van der Waals surface area contributed by atoms with Crippen LogP contribution in [-0.2, 0) is 28.9 Å². The molecular formula is C22H23N3O4. The molecule has 1 amide bonds. The summed E-state index contributed by atoms with van der Waals surface area (Å²) in [6.45, 7) is 1.84. The lowest BCUT2D eigenvalue weighted by Crippen LogP contribution is -2.42. The number of methoxy groups -OCH3 is 1. The first-order valence-electron chi connectivity index (χ1n) is 9.63. The van der Waals surface area contributed by atoms with E-state index in [2.05, 4.69) is 0 Å². The Kier molecular flexibility index (Phi) is 4.96. The van der Waals surface area contributed by atoms with Crippen molar-refractivity contribution in [1.29, 1.82) is 0 Å². The number of aryl methyl sites for hydroxylation is 1. The lowest BCUT2D eigenvalue weighted by Gasteiger charge is -2.34. The van der Waals surface area contributed by atoms with Gasteiger partial charge in [0.15, 0.2) is 0 Å². The number of hydrogen-bond donors (Lipinski definition) is 1. The van der Waals surface area contributed by atoms with Gasteiger partial charge in [-0.15, -0.1) is 0 Å². The van der Waals surface area contributed by atoms with Gasteiger partial charge in [0.25, 0.3) is 0 Å². The molecule has 1 aliphatic rings. The number of rotatable bonds is 4. The van der Waals surface area contributed by atoms with E-state index in [0.717, 1.165) is 40.7 Å². The normalized spacial score (nSPS) is 15.9. The Labute approximate surface area is 168 Å². The van der Waals surface area contributed by atoms with E-state index in [-0.39, 0.29) is 12.6 Å². The van der Waals surface area contributed by atoms with Crippen LogP contribution in [0.2, 0.25) is 0 Å². The van der Waals surface area contributed by atoms with Crippen molar-refractivity contribution >= 4 is 28.8 Å². The molecule has 7 heteroatoms. The van der Waals surface area contributed by atoms with Gasteiger partial charge >= 0.3 is 12.1 Å². The van der Waals surface area contributed by atoms with E-state index in [1.54, 1.807) is 9.47 Å². The Morgan fingerprint density at radius 2 is 1.97 bits per heavy atom. The van der Waals surface area contributed by atoms with Crippen molar-refractivity contribution in [3.05, 3.63) is 59.4 Å². The predicted molar refractivity (Wildman–Crippen MR) is 109 cm³/mol. The number of ether oxygens (including phenoxy) is 1. The van der Waals surface area contributed by atoms with Gasteiger partial charge in [-0.3, -0.25) is 9.69 Å². The van der Waals surface area contributed by atoms with Crippen molar-refractivity contribution < 1.29 is 19.4 Å². The first kappa shape index (κ1) is 19.0. The monoisotopic (exact) mass is 393 g/mol. The molecule has 150 valence electrons. The van der Waals surface area contributed by atoms with E-state index in [1.165, 1.54) is 7.11 Å². The van der Waals surface area contributed by atoms with Crippen molar-refractivity contribution in [1.82, 2.24) is 9.55 Å². The van der Waals surface area contributed by atoms with Crippen LogP contribution in [0.5, 0.6) is 0 Å². The highest BCUT2D eigenvalue weighted by molar-refractivity contribution is 5.95. The second-order valence-electron chi connectivity index (χ2n) is 7.33. The number of nitrogens with zero attached hydrogens (tertiary/aromatic N) is 3. The molecule has 1 atom stereocenters. The summed E-state index contributed by atoms with van der Waals surface area (Å²) in [5.74, 6) is -0.216. The van der Waals surface area contributed by atoms with Crippen LogP contribution in [0.25, 0.3) is 11.0 Å². The van der Waals surface area contributed by atoms with Crippen LogP contribution < -0.4 is 4.90 Å². The van der Waals surface area contributed by atoms with Gasteiger partial charge in [0, 0.05) is 18.0 Å². The third-order valence-electron chi connectivity index (χ3n) is 5.46. The number of amides is 1.